The van der Waals surface area contributed by atoms with Crippen LogP contribution in [0.25, 0.3) is 0 Å². The van der Waals surface area contributed by atoms with Crippen molar-refractivity contribution < 1.29 is 14.3 Å². The second-order valence-corrected chi connectivity index (χ2v) is 6.45. The van der Waals surface area contributed by atoms with Crippen molar-refractivity contribution in [2.45, 2.75) is 12.8 Å². The van der Waals surface area contributed by atoms with Crippen LogP contribution in [0.15, 0.2) is 48.5 Å². The second-order valence-electron chi connectivity index (χ2n) is 6.07. The number of amides is 1. The number of methoxy groups -OCH3 is 1. The molecule has 2 aromatic carbocycles. The fourth-order valence-electron chi connectivity index (χ4n) is 2.88. The van der Waals surface area contributed by atoms with Gasteiger partial charge in [0.1, 0.15) is 4.99 Å². The van der Waals surface area contributed by atoms with Crippen LogP contribution in [0.1, 0.15) is 18.4 Å². The molecular weight excluding hydrogens is 348 g/mol. The first-order chi connectivity index (χ1) is 12.7. The molecule has 5 nitrogen and oxygen atoms in total. The lowest BCUT2D eigenvalue weighted by atomic mass is 10.2. The quantitative estimate of drug-likeness (QED) is 0.789. The number of thiocarbonyl (C=S) groups is 1. The van der Waals surface area contributed by atoms with Gasteiger partial charge in [0.25, 0.3) is 5.91 Å². The SMILES string of the molecule is COc1cc(C(=S)N2CCCC2)ccc1OCC(=O)Nc1ccccc1. The van der Waals surface area contributed by atoms with Gasteiger partial charge in [-0.05, 0) is 43.2 Å². The van der Waals surface area contributed by atoms with Gasteiger partial charge in [0, 0.05) is 24.3 Å². The number of anilines is 1. The van der Waals surface area contributed by atoms with Crippen LogP contribution in [0.2, 0.25) is 0 Å². The Morgan fingerprint density at radius 1 is 1.12 bits per heavy atom. The number of rotatable bonds is 6. The number of hydrogen-bond acceptors (Lipinski definition) is 4. The molecule has 1 aliphatic heterocycles. The minimum absolute atomic E-state index is 0.0961. The van der Waals surface area contributed by atoms with E-state index in [4.69, 9.17) is 21.7 Å². The van der Waals surface area contributed by atoms with Gasteiger partial charge in [0.05, 0.1) is 7.11 Å². The van der Waals surface area contributed by atoms with Gasteiger partial charge in [-0.15, -0.1) is 0 Å². The van der Waals surface area contributed by atoms with Crippen molar-refractivity contribution in [2.75, 3.05) is 32.1 Å². The zero-order valence-corrected chi connectivity index (χ0v) is 15.6. The third-order valence-corrected chi connectivity index (χ3v) is 4.71. The molecule has 6 heteroatoms. The molecule has 0 saturated carbocycles. The molecule has 0 radical (unpaired) electrons. The van der Waals surface area contributed by atoms with Crippen LogP contribution < -0.4 is 14.8 Å². The second kappa shape index (κ2) is 8.67. The molecule has 1 amide bonds. The predicted octanol–water partition coefficient (Wildman–Crippen LogP) is 3.48. The van der Waals surface area contributed by atoms with E-state index in [2.05, 4.69) is 10.2 Å². The zero-order valence-electron chi connectivity index (χ0n) is 14.7. The Kier molecular flexibility index (Phi) is 6.07. The largest absolute Gasteiger partial charge is 0.493 e. The van der Waals surface area contributed by atoms with E-state index in [1.54, 1.807) is 13.2 Å². The van der Waals surface area contributed by atoms with Crippen LogP contribution in [0.5, 0.6) is 11.5 Å². The topological polar surface area (TPSA) is 50.8 Å². The van der Waals surface area contributed by atoms with Crippen LogP contribution in [0.3, 0.4) is 0 Å². The maximum absolute atomic E-state index is 12.0. The molecule has 1 heterocycles. The Balaban J connectivity index is 1.62. The molecule has 1 aliphatic rings. The van der Waals surface area contributed by atoms with Crippen molar-refractivity contribution >= 4 is 28.8 Å². The lowest BCUT2D eigenvalue weighted by Gasteiger charge is -2.19. The number of hydrogen-bond donors (Lipinski definition) is 1. The van der Waals surface area contributed by atoms with Gasteiger partial charge < -0.3 is 19.7 Å². The molecule has 1 N–H and O–H groups in total. The van der Waals surface area contributed by atoms with Gasteiger partial charge in [-0.2, -0.15) is 0 Å². The highest BCUT2D eigenvalue weighted by Crippen LogP contribution is 2.29. The first-order valence-corrected chi connectivity index (χ1v) is 9.03. The van der Waals surface area contributed by atoms with Gasteiger partial charge in [0.15, 0.2) is 18.1 Å². The zero-order chi connectivity index (χ0) is 18.4. The first kappa shape index (κ1) is 18.2. The third kappa shape index (κ3) is 4.52. The number of carbonyl (C=O) groups excluding carboxylic acids is 1. The summed E-state index contributed by atoms with van der Waals surface area (Å²) in [5, 5.41) is 2.78. The van der Waals surface area contributed by atoms with Crippen molar-refractivity contribution in [1.29, 1.82) is 0 Å². The molecule has 0 aliphatic carbocycles. The summed E-state index contributed by atoms with van der Waals surface area (Å²) in [5.74, 6) is 0.857. The highest BCUT2D eigenvalue weighted by atomic mass is 32.1. The molecule has 3 rings (SSSR count). The fourth-order valence-corrected chi connectivity index (χ4v) is 3.19. The van der Waals surface area contributed by atoms with Crippen LogP contribution in [0.4, 0.5) is 5.69 Å². The summed E-state index contributed by atoms with van der Waals surface area (Å²) < 4.78 is 11.0. The van der Waals surface area contributed by atoms with Crippen LogP contribution in [0, 0.1) is 0 Å². The molecular formula is C20H22N2O3S. The lowest BCUT2D eigenvalue weighted by Crippen LogP contribution is -2.26. The summed E-state index contributed by atoms with van der Waals surface area (Å²) in [6.45, 7) is 1.90. The minimum Gasteiger partial charge on any atom is -0.493 e. The molecule has 0 atom stereocenters. The molecule has 0 aromatic heterocycles. The highest BCUT2D eigenvalue weighted by molar-refractivity contribution is 7.80. The number of nitrogens with zero attached hydrogens (tertiary/aromatic N) is 1. The van der Waals surface area contributed by atoms with Gasteiger partial charge in [0.2, 0.25) is 0 Å². The molecule has 26 heavy (non-hydrogen) atoms. The van der Waals surface area contributed by atoms with E-state index >= 15 is 0 Å². The number of likely N-dealkylation sites (tertiary alicyclic amines) is 1. The van der Waals surface area contributed by atoms with E-state index in [1.165, 1.54) is 12.8 Å². The Labute approximate surface area is 158 Å². The van der Waals surface area contributed by atoms with Gasteiger partial charge in [-0.1, -0.05) is 30.4 Å². The number of ether oxygens (including phenoxy) is 2. The van der Waals surface area contributed by atoms with Crippen molar-refractivity contribution in [3.8, 4) is 11.5 Å². The number of carbonyl (C=O) groups is 1. The number of para-hydroxylation sites is 1. The highest BCUT2D eigenvalue weighted by Gasteiger charge is 2.18. The summed E-state index contributed by atoms with van der Waals surface area (Å²) >= 11 is 5.58. The Bertz CT molecular complexity index is 774. The fraction of sp³-hybridized carbons (Fsp3) is 0.300. The molecule has 2 aromatic rings. The average molecular weight is 370 g/mol. The van der Waals surface area contributed by atoms with E-state index in [1.807, 2.05) is 42.5 Å². The third-order valence-electron chi connectivity index (χ3n) is 4.22. The molecule has 0 spiro atoms. The minimum atomic E-state index is -0.227. The smallest absolute Gasteiger partial charge is 0.262 e. The Morgan fingerprint density at radius 3 is 2.54 bits per heavy atom. The van der Waals surface area contributed by atoms with E-state index in [0.29, 0.717) is 11.5 Å². The summed E-state index contributed by atoms with van der Waals surface area (Å²) in [4.78, 5) is 15.1. The van der Waals surface area contributed by atoms with E-state index in [0.717, 1.165) is 29.3 Å². The molecule has 0 bridgehead atoms. The van der Waals surface area contributed by atoms with E-state index in [9.17, 15) is 4.79 Å². The maximum atomic E-state index is 12.0. The molecule has 0 unspecified atom stereocenters. The van der Waals surface area contributed by atoms with Crippen molar-refractivity contribution in [3.63, 3.8) is 0 Å². The summed E-state index contributed by atoms with van der Waals surface area (Å²) in [6, 6.07) is 14.8. The van der Waals surface area contributed by atoms with E-state index < -0.39 is 0 Å². The van der Waals surface area contributed by atoms with Crippen molar-refractivity contribution in [2.24, 2.45) is 0 Å². The van der Waals surface area contributed by atoms with Crippen molar-refractivity contribution in [1.82, 2.24) is 4.90 Å². The molecule has 136 valence electrons. The summed E-state index contributed by atoms with van der Waals surface area (Å²) in [5.41, 5.74) is 1.67. The molecule has 1 saturated heterocycles. The molecule has 1 fully saturated rings. The van der Waals surface area contributed by atoms with E-state index in [-0.39, 0.29) is 12.5 Å². The van der Waals surface area contributed by atoms with Gasteiger partial charge >= 0.3 is 0 Å². The number of nitrogens with one attached hydrogen (secondary N) is 1. The number of benzene rings is 2. The predicted molar refractivity (Wildman–Crippen MR) is 106 cm³/mol. The monoisotopic (exact) mass is 370 g/mol. The Morgan fingerprint density at radius 2 is 1.85 bits per heavy atom. The standard InChI is InChI=1S/C20H22N2O3S/c1-24-18-13-15(20(26)22-11-5-6-12-22)9-10-17(18)25-14-19(23)21-16-7-3-2-4-8-16/h2-4,7-10,13H,5-6,11-12,14H2,1H3,(H,21,23). The van der Waals surface area contributed by atoms with Gasteiger partial charge in [-0.3, -0.25) is 4.79 Å². The normalized spacial score (nSPS) is 13.3. The van der Waals surface area contributed by atoms with Gasteiger partial charge in [-0.25, -0.2) is 0 Å². The van der Waals surface area contributed by atoms with Crippen molar-refractivity contribution in [3.05, 3.63) is 54.1 Å². The van der Waals surface area contributed by atoms with Crippen LogP contribution in [-0.4, -0.2) is 42.6 Å². The van der Waals surface area contributed by atoms with Crippen LogP contribution in [-0.2, 0) is 4.79 Å². The van der Waals surface area contributed by atoms with Crippen LogP contribution >= 0.6 is 12.2 Å². The first-order valence-electron chi connectivity index (χ1n) is 8.62. The summed E-state index contributed by atoms with van der Waals surface area (Å²) in [7, 11) is 1.58. The lowest BCUT2D eigenvalue weighted by molar-refractivity contribution is -0.118. The maximum Gasteiger partial charge on any atom is 0.262 e. The Hall–Kier alpha value is -2.60. The summed E-state index contributed by atoms with van der Waals surface area (Å²) in [6.07, 6.45) is 2.35. The average Bonchev–Trinajstić information content (AvgIpc) is 3.21.